The Morgan fingerprint density at radius 1 is 0.966 bits per heavy atom. The first kappa shape index (κ1) is 20.4. The lowest BCUT2D eigenvalue weighted by Crippen LogP contribution is -2.06. The molecular formula is C18H15Cl2N5O4. The number of hydrogen-bond acceptors (Lipinski definition) is 8. The van der Waals surface area contributed by atoms with Crippen molar-refractivity contribution in [2.45, 2.75) is 0 Å². The van der Waals surface area contributed by atoms with Crippen LogP contribution in [0, 0.1) is 10.1 Å². The molecule has 150 valence electrons. The number of anilines is 4. The zero-order chi connectivity index (χ0) is 21.0. The van der Waals surface area contributed by atoms with Gasteiger partial charge in [0.2, 0.25) is 11.6 Å². The molecule has 0 spiro atoms. The topological polar surface area (TPSA) is 111 Å². The Labute approximate surface area is 175 Å². The lowest BCUT2D eigenvalue weighted by atomic mass is 10.2. The molecule has 2 N–H and O–H groups in total. The van der Waals surface area contributed by atoms with Crippen molar-refractivity contribution in [3.63, 3.8) is 0 Å². The molecule has 0 amide bonds. The summed E-state index contributed by atoms with van der Waals surface area (Å²) in [5.74, 6) is 0.885. The van der Waals surface area contributed by atoms with Crippen LogP contribution in [-0.4, -0.2) is 29.1 Å². The first-order valence-corrected chi connectivity index (χ1v) is 8.89. The summed E-state index contributed by atoms with van der Waals surface area (Å²) in [6, 6.07) is 9.70. The molecule has 0 aliphatic heterocycles. The van der Waals surface area contributed by atoms with Gasteiger partial charge in [0.25, 0.3) is 0 Å². The molecule has 0 bridgehead atoms. The number of rotatable bonds is 7. The first-order valence-electron chi connectivity index (χ1n) is 8.13. The van der Waals surface area contributed by atoms with Crippen LogP contribution in [0.4, 0.5) is 28.7 Å². The van der Waals surface area contributed by atoms with Crippen molar-refractivity contribution < 1.29 is 14.4 Å². The van der Waals surface area contributed by atoms with Crippen LogP contribution in [0.25, 0.3) is 0 Å². The smallest absolute Gasteiger partial charge is 0.353 e. The predicted octanol–water partition coefficient (Wildman–Crippen LogP) is 5.20. The molecule has 1 aromatic heterocycles. The Hall–Kier alpha value is -3.30. The number of methoxy groups -OCH3 is 2. The summed E-state index contributed by atoms with van der Waals surface area (Å²) < 4.78 is 10.5. The third kappa shape index (κ3) is 4.58. The number of nitro groups is 1. The van der Waals surface area contributed by atoms with Crippen molar-refractivity contribution in [2.24, 2.45) is 0 Å². The summed E-state index contributed by atoms with van der Waals surface area (Å²) >= 11 is 12.1. The first-order chi connectivity index (χ1) is 13.9. The molecule has 0 fully saturated rings. The van der Waals surface area contributed by atoms with E-state index in [1.165, 1.54) is 26.6 Å². The molecule has 0 radical (unpaired) electrons. The molecule has 1 heterocycles. The lowest BCUT2D eigenvalue weighted by molar-refractivity contribution is -0.383. The van der Waals surface area contributed by atoms with Gasteiger partial charge in [0.1, 0.15) is 17.8 Å². The summed E-state index contributed by atoms with van der Waals surface area (Å²) in [7, 11) is 2.99. The van der Waals surface area contributed by atoms with Gasteiger partial charge < -0.3 is 20.1 Å². The SMILES string of the molecule is COc1ccc(OC)c(Nc2ncnc(Nc3cc(Cl)ccc3Cl)c2[N+](=O)[O-])c1. The second-order valence-corrected chi connectivity index (χ2v) is 6.46. The van der Waals surface area contributed by atoms with Crippen molar-refractivity contribution >= 4 is 51.9 Å². The summed E-state index contributed by atoms with van der Waals surface area (Å²) in [5, 5.41) is 18.3. The van der Waals surface area contributed by atoms with Gasteiger partial charge in [0, 0.05) is 11.1 Å². The number of nitrogens with zero attached hydrogens (tertiary/aromatic N) is 3. The average Bonchev–Trinajstić information content (AvgIpc) is 2.70. The van der Waals surface area contributed by atoms with Crippen LogP contribution in [0.3, 0.4) is 0 Å². The highest BCUT2D eigenvalue weighted by Crippen LogP contribution is 2.38. The average molecular weight is 436 g/mol. The quantitative estimate of drug-likeness (QED) is 0.384. The summed E-state index contributed by atoms with van der Waals surface area (Å²) in [4.78, 5) is 19.2. The van der Waals surface area contributed by atoms with Gasteiger partial charge in [-0.3, -0.25) is 10.1 Å². The molecule has 0 atom stereocenters. The van der Waals surface area contributed by atoms with Crippen LogP contribution in [0.15, 0.2) is 42.7 Å². The number of hydrogen-bond donors (Lipinski definition) is 2. The maximum atomic E-state index is 11.8. The van der Waals surface area contributed by atoms with Gasteiger partial charge in [0.15, 0.2) is 0 Å². The Morgan fingerprint density at radius 2 is 1.66 bits per heavy atom. The van der Waals surface area contributed by atoms with E-state index >= 15 is 0 Å². The second kappa shape index (κ2) is 8.80. The maximum Gasteiger partial charge on any atom is 0.353 e. The van der Waals surface area contributed by atoms with E-state index in [1.807, 2.05) is 0 Å². The minimum Gasteiger partial charge on any atom is -0.497 e. The van der Waals surface area contributed by atoms with Crippen molar-refractivity contribution in [1.82, 2.24) is 9.97 Å². The number of benzene rings is 2. The Kier molecular flexibility index (Phi) is 6.20. The lowest BCUT2D eigenvalue weighted by Gasteiger charge is -2.14. The molecule has 9 nitrogen and oxygen atoms in total. The van der Waals surface area contributed by atoms with Gasteiger partial charge in [-0.15, -0.1) is 0 Å². The van der Waals surface area contributed by atoms with Crippen LogP contribution in [-0.2, 0) is 0 Å². The van der Waals surface area contributed by atoms with E-state index in [0.717, 1.165) is 0 Å². The summed E-state index contributed by atoms with van der Waals surface area (Å²) in [5.41, 5.74) is 0.416. The van der Waals surface area contributed by atoms with E-state index in [-0.39, 0.29) is 17.3 Å². The number of nitrogens with one attached hydrogen (secondary N) is 2. The van der Waals surface area contributed by atoms with E-state index in [9.17, 15) is 10.1 Å². The Morgan fingerprint density at radius 3 is 2.28 bits per heavy atom. The van der Waals surface area contributed by atoms with Gasteiger partial charge in [-0.25, -0.2) is 9.97 Å². The van der Waals surface area contributed by atoms with Crippen molar-refractivity contribution in [1.29, 1.82) is 0 Å². The highest BCUT2D eigenvalue weighted by Gasteiger charge is 2.25. The molecule has 0 unspecified atom stereocenters. The molecule has 0 saturated heterocycles. The van der Waals surface area contributed by atoms with Gasteiger partial charge in [0.05, 0.1) is 35.5 Å². The molecule has 3 rings (SSSR count). The van der Waals surface area contributed by atoms with E-state index in [2.05, 4.69) is 20.6 Å². The summed E-state index contributed by atoms with van der Waals surface area (Å²) in [6.45, 7) is 0. The van der Waals surface area contributed by atoms with E-state index < -0.39 is 4.92 Å². The Balaban J connectivity index is 2.04. The number of halogens is 2. The zero-order valence-corrected chi connectivity index (χ0v) is 16.8. The van der Waals surface area contributed by atoms with Crippen molar-refractivity contribution in [3.05, 3.63) is 62.9 Å². The van der Waals surface area contributed by atoms with Crippen LogP contribution >= 0.6 is 23.2 Å². The molecule has 2 aromatic carbocycles. The molecule has 0 aliphatic carbocycles. The van der Waals surface area contributed by atoms with Crippen molar-refractivity contribution in [2.75, 3.05) is 24.9 Å². The van der Waals surface area contributed by atoms with Gasteiger partial charge in [-0.2, -0.15) is 0 Å². The highest BCUT2D eigenvalue weighted by atomic mass is 35.5. The Bertz CT molecular complexity index is 1060. The maximum absolute atomic E-state index is 11.8. The van der Waals surface area contributed by atoms with Crippen LogP contribution < -0.4 is 20.1 Å². The number of aromatic nitrogens is 2. The summed E-state index contributed by atoms with van der Waals surface area (Å²) in [6.07, 6.45) is 1.18. The van der Waals surface area contributed by atoms with E-state index in [0.29, 0.717) is 32.9 Å². The minimum absolute atomic E-state index is 0.0443. The van der Waals surface area contributed by atoms with E-state index in [4.69, 9.17) is 32.7 Å². The molecule has 3 aromatic rings. The second-order valence-electron chi connectivity index (χ2n) is 5.62. The monoisotopic (exact) mass is 435 g/mol. The predicted molar refractivity (Wildman–Crippen MR) is 111 cm³/mol. The standard InChI is InChI=1S/C18H15Cl2N5O4/c1-28-11-4-6-15(29-2)14(8-11)24-18-16(25(26)27)17(21-9-22-18)23-13-7-10(19)3-5-12(13)20/h3-9H,1-2H3,(H2,21,22,23,24). The highest BCUT2D eigenvalue weighted by molar-refractivity contribution is 6.35. The minimum atomic E-state index is -0.601. The van der Waals surface area contributed by atoms with Gasteiger partial charge >= 0.3 is 5.69 Å². The molecule has 0 aliphatic rings. The molecule has 11 heteroatoms. The molecule has 29 heavy (non-hydrogen) atoms. The van der Waals surface area contributed by atoms with E-state index in [1.54, 1.807) is 30.3 Å². The van der Waals surface area contributed by atoms with Gasteiger partial charge in [-0.05, 0) is 30.3 Å². The van der Waals surface area contributed by atoms with Crippen LogP contribution in [0.1, 0.15) is 0 Å². The fraction of sp³-hybridized carbons (Fsp3) is 0.111. The third-order valence-electron chi connectivity index (χ3n) is 3.85. The van der Waals surface area contributed by atoms with Crippen molar-refractivity contribution in [3.8, 4) is 11.5 Å². The van der Waals surface area contributed by atoms with Crippen LogP contribution in [0.5, 0.6) is 11.5 Å². The molecule has 0 saturated carbocycles. The van der Waals surface area contributed by atoms with Crippen LogP contribution in [0.2, 0.25) is 10.0 Å². The third-order valence-corrected chi connectivity index (χ3v) is 4.41. The normalized spacial score (nSPS) is 10.3. The molecular weight excluding hydrogens is 421 g/mol. The zero-order valence-electron chi connectivity index (χ0n) is 15.3. The number of ether oxygens (including phenoxy) is 2. The fourth-order valence-electron chi connectivity index (χ4n) is 2.49. The van der Waals surface area contributed by atoms with Gasteiger partial charge in [-0.1, -0.05) is 23.2 Å². The fourth-order valence-corrected chi connectivity index (χ4v) is 2.83. The largest absolute Gasteiger partial charge is 0.497 e.